The molecule has 0 amide bonds. The first-order valence-corrected chi connectivity index (χ1v) is 5.82. The predicted molar refractivity (Wildman–Crippen MR) is 68.8 cm³/mol. The minimum Gasteiger partial charge on any atom is -0.478 e. The van der Waals surface area contributed by atoms with E-state index in [-0.39, 0.29) is 5.69 Å². The van der Waals surface area contributed by atoms with E-state index in [1.165, 1.54) is 12.1 Å². The van der Waals surface area contributed by atoms with Crippen LogP contribution >= 0.6 is 11.6 Å². The highest BCUT2D eigenvalue weighted by atomic mass is 35.5. The lowest BCUT2D eigenvalue weighted by molar-refractivity contribution is -0.385. The van der Waals surface area contributed by atoms with Crippen LogP contribution in [0.4, 0.5) is 5.69 Å². The predicted octanol–water partition coefficient (Wildman–Crippen LogP) is 2.86. The van der Waals surface area contributed by atoms with E-state index in [0.29, 0.717) is 29.8 Å². The second-order valence-electron chi connectivity index (χ2n) is 3.61. The Morgan fingerprint density at radius 2 is 2.22 bits per heavy atom. The summed E-state index contributed by atoms with van der Waals surface area (Å²) in [7, 11) is 0. The fourth-order valence-corrected chi connectivity index (χ4v) is 1.62. The number of nitrogens with zero attached hydrogens (tertiary/aromatic N) is 1. The average Bonchev–Trinajstić information content (AvgIpc) is 2.34. The molecule has 96 valence electrons. The van der Waals surface area contributed by atoms with E-state index in [4.69, 9.17) is 16.7 Å². The summed E-state index contributed by atoms with van der Waals surface area (Å²) in [5, 5.41) is 19.4. The molecule has 1 aromatic rings. The van der Waals surface area contributed by atoms with Gasteiger partial charge in [0.15, 0.2) is 0 Å². The summed E-state index contributed by atoms with van der Waals surface area (Å²) >= 11 is 5.55. The molecule has 6 heteroatoms. The molecule has 1 rings (SSSR count). The van der Waals surface area contributed by atoms with Crippen LogP contribution in [0.2, 0.25) is 0 Å². The molecule has 0 bridgehead atoms. The topological polar surface area (TPSA) is 80.4 Å². The Labute approximate surface area is 109 Å². The molecule has 0 atom stereocenters. The molecule has 0 unspecified atom stereocenters. The van der Waals surface area contributed by atoms with Crippen molar-refractivity contribution in [1.82, 2.24) is 0 Å². The summed E-state index contributed by atoms with van der Waals surface area (Å²) in [6.45, 7) is 0. The monoisotopic (exact) mass is 269 g/mol. The van der Waals surface area contributed by atoms with Crippen molar-refractivity contribution in [1.29, 1.82) is 0 Å². The Balaban J connectivity index is 3.03. The third kappa shape index (κ3) is 4.18. The van der Waals surface area contributed by atoms with E-state index < -0.39 is 10.9 Å². The summed E-state index contributed by atoms with van der Waals surface area (Å²) in [5.74, 6) is -0.651. The van der Waals surface area contributed by atoms with Gasteiger partial charge in [0.1, 0.15) is 0 Å². The number of aliphatic carboxylic acids is 1. The number of nitro groups is 1. The third-order valence-electron chi connectivity index (χ3n) is 2.30. The maximum absolute atomic E-state index is 10.9. The minimum absolute atomic E-state index is 0.00680. The quantitative estimate of drug-likeness (QED) is 0.373. The number of alkyl halides is 1. The highest BCUT2D eigenvalue weighted by Crippen LogP contribution is 2.22. The number of halogens is 1. The second kappa shape index (κ2) is 6.76. The molecule has 0 aromatic heterocycles. The van der Waals surface area contributed by atoms with Gasteiger partial charge in [0, 0.05) is 23.6 Å². The van der Waals surface area contributed by atoms with Gasteiger partial charge in [0.25, 0.3) is 5.69 Å². The van der Waals surface area contributed by atoms with Gasteiger partial charge in [-0.05, 0) is 24.5 Å². The Morgan fingerprint density at radius 1 is 1.50 bits per heavy atom. The maximum atomic E-state index is 10.9. The maximum Gasteiger partial charge on any atom is 0.328 e. The fourth-order valence-electron chi connectivity index (χ4n) is 1.49. The molecule has 0 spiro atoms. The summed E-state index contributed by atoms with van der Waals surface area (Å²) in [4.78, 5) is 20.8. The molecule has 1 N–H and O–H groups in total. The molecule has 0 aliphatic heterocycles. The number of nitro benzene ring substituents is 1. The molecule has 0 saturated carbocycles. The zero-order chi connectivity index (χ0) is 13.5. The zero-order valence-electron chi connectivity index (χ0n) is 9.51. The first kappa shape index (κ1) is 14.2. The number of hydrogen-bond acceptors (Lipinski definition) is 3. The Morgan fingerprint density at radius 3 is 2.78 bits per heavy atom. The van der Waals surface area contributed by atoms with Gasteiger partial charge < -0.3 is 5.11 Å². The van der Waals surface area contributed by atoms with E-state index in [1.54, 1.807) is 12.1 Å². The van der Waals surface area contributed by atoms with Crippen LogP contribution in [0.3, 0.4) is 0 Å². The van der Waals surface area contributed by atoms with Crippen LogP contribution in [0, 0.1) is 10.1 Å². The van der Waals surface area contributed by atoms with Gasteiger partial charge in [-0.3, -0.25) is 10.1 Å². The lowest BCUT2D eigenvalue weighted by atomic mass is 10.0. The van der Waals surface area contributed by atoms with Gasteiger partial charge in [0.05, 0.1) is 4.92 Å². The molecular weight excluding hydrogens is 258 g/mol. The van der Waals surface area contributed by atoms with Crippen LogP contribution in [0.25, 0.3) is 6.08 Å². The van der Waals surface area contributed by atoms with Gasteiger partial charge in [0.2, 0.25) is 0 Å². The summed E-state index contributed by atoms with van der Waals surface area (Å²) in [6.07, 6.45) is 3.45. The minimum atomic E-state index is -1.09. The first-order chi connectivity index (χ1) is 8.54. The van der Waals surface area contributed by atoms with Gasteiger partial charge >= 0.3 is 5.97 Å². The van der Waals surface area contributed by atoms with Gasteiger partial charge in [-0.15, -0.1) is 11.6 Å². The molecule has 1 aromatic carbocycles. The Kier molecular flexibility index (Phi) is 5.32. The average molecular weight is 270 g/mol. The number of carboxylic acid groups (broad SMARTS) is 1. The standard InChI is InChI=1S/C12H12ClNO4/c13-7-1-2-10-5-3-9(4-6-12(15)16)8-11(10)14(17)18/h3-6,8H,1-2,7H2,(H,15,16)/b6-4+. The van der Waals surface area contributed by atoms with Crippen molar-refractivity contribution >= 4 is 29.3 Å². The molecule has 0 saturated heterocycles. The van der Waals surface area contributed by atoms with Crippen molar-refractivity contribution in [2.75, 3.05) is 5.88 Å². The van der Waals surface area contributed by atoms with E-state index in [1.807, 2.05) is 0 Å². The molecule has 0 aliphatic rings. The number of benzene rings is 1. The van der Waals surface area contributed by atoms with Crippen LogP contribution < -0.4 is 0 Å². The van der Waals surface area contributed by atoms with Gasteiger partial charge in [-0.2, -0.15) is 0 Å². The van der Waals surface area contributed by atoms with E-state index in [2.05, 4.69) is 0 Å². The molecule has 0 aliphatic carbocycles. The Hall–Kier alpha value is -1.88. The summed E-state index contributed by atoms with van der Waals surface area (Å²) in [6, 6.07) is 4.64. The van der Waals surface area contributed by atoms with Crippen molar-refractivity contribution in [2.24, 2.45) is 0 Å². The highest BCUT2D eigenvalue weighted by molar-refractivity contribution is 6.17. The number of rotatable bonds is 6. The number of hydrogen-bond donors (Lipinski definition) is 1. The van der Waals surface area contributed by atoms with Crippen molar-refractivity contribution in [3.63, 3.8) is 0 Å². The molecule has 0 heterocycles. The van der Waals surface area contributed by atoms with E-state index in [0.717, 1.165) is 6.08 Å². The number of aryl methyl sites for hydroxylation is 1. The second-order valence-corrected chi connectivity index (χ2v) is 3.99. The Bertz CT molecular complexity index is 485. The molecular formula is C12H12ClNO4. The van der Waals surface area contributed by atoms with Crippen molar-refractivity contribution in [3.8, 4) is 0 Å². The summed E-state index contributed by atoms with van der Waals surface area (Å²) < 4.78 is 0. The van der Waals surface area contributed by atoms with E-state index in [9.17, 15) is 14.9 Å². The van der Waals surface area contributed by atoms with Crippen LogP contribution in [-0.2, 0) is 11.2 Å². The van der Waals surface area contributed by atoms with Crippen LogP contribution in [0.15, 0.2) is 24.3 Å². The number of carboxylic acids is 1. The first-order valence-electron chi connectivity index (χ1n) is 5.29. The smallest absolute Gasteiger partial charge is 0.328 e. The highest BCUT2D eigenvalue weighted by Gasteiger charge is 2.13. The van der Waals surface area contributed by atoms with Crippen LogP contribution in [-0.4, -0.2) is 21.9 Å². The van der Waals surface area contributed by atoms with Crippen molar-refractivity contribution < 1.29 is 14.8 Å². The molecule has 18 heavy (non-hydrogen) atoms. The van der Waals surface area contributed by atoms with Crippen LogP contribution in [0.5, 0.6) is 0 Å². The molecule has 5 nitrogen and oxygen atoms in total. The zero-order valence-corrected chi connectivity index (χ0v) is 10.3. The fraction of sp³-hybridized carbons (Fsp3) is 0.250. The largest absolute Gasteiger partial charge is 0.478 e. The summed E-state index contributed by atoms with van der Waals surface area (Å²) in [5.41, 5.74) is 1.08. The third-order valence-corrected chi connectivity index (χ3v) is 2.57. The molecule has 0 fully saturated rings. The lowest BCUT2D eigenvalue weighted by Gasteiger charge is -2.02. The lowest BCUT2D eigenvalue weighted by Crippen LogP contribution is -1.97. The van der Waals surface area contributed by atoms with Gasteiger partial charge in [-0.25, -0.2) is 4.79 Å². The number of carbonyl (C=O) groups is 1. The van der Waals surface area contributed by atoms with Crippen LogP contribution in [0.1, 0.15) is 17.5 Å². The van der Waals surface area contributed by atoms with Crippen molar-refractivity contribution in [3.05, 3.63) is 45.5 Å². The van der Waals surface area contributed by atoms with Gasteiger partial charge in [-0.1, -0.05) is 12.1 Å². The normalized spacial score (nSPS) is 10.7. The van der Waals surface area contributed by atoms with E-state index >= 15 is 0 Å². The molecule has 0 radical (unpaired) electrons. The van der Waals surface area contributed by atoms with Crippen molar-refractivity contribution in [2.45, 2.75) is 12.8 Å². The SMILES string of the molecule is O=C(O)/C=C/c1ccc(CCCCl)c([N+](=O)[O-])c1.